The van der Waals surface area contributed by atoms with Gasteiger partial charge in [-0.3, -0.25) is 4.79 Å². The summed E-state index contributed by atoms with van der Waals surface area (Å²) < 4.78 is 1.51. The van der Waals surface area contributed by atoms with Crippen LogP contribution in [0.4, 0.5) is 0 Å². The Hall–Kier alpha value is -2.34. The van der Waals surface area contributed by atoms with Gasteiger partial charge in [-0.25, -0.2) is 0 Å². The molecule has 4 aromatic rings. The molecule has 0 aliphatic rings. The summed E-state index contributed by atoms with van der Waals surface area (Å²) in [5.74, 6) is 8.81. The van der Waals surface area contributed by atoms with Gasteiger partial charge in [-0.1, -0.05) is 41.5 Å². The number of carbonyl (C=O) groups excluding carboxylic acids is 1. The Kier molecular flexibility index (Phi) is 13.8. The van der Waals surface area contributed by atoms with Crippen LogP contribution in [0.1, 0.15) is 92.8 Å². The monoisotopic (exact) mass is 848 g/mol. The first-order valence-electron chi connectivity index (χ1n) is 16.3. The molecule has 0 fully saturated rings. The molecular formula is C39H53GeIrN2O2-. The van der Waals surface area contributed by atoms with Gasteiger partial charge < -0.3 is 5.11 Å². The summed E-state index contributed by atoms with van der Waals surface area (Å²) in [6.07, 6.45) is 4.75. The number of rotatable bonds is 10. The number of benzene rings is 3. The van der Waals surface area contributed by atoms with Gasteiger partial charge in [0.05, 0.1) is 0 Å². The number of aliphatic hydroxyl groups is 1. The second-order valence-corrected chi connectivity index (χ2v) is 24.5. The minimum Gasteiger partial charge on any atom is -0.512 e. The molecule has 0 bridgehead atoms. The number of allylic oxidation sites excluding steroid dienone is 2. The van der Waals surface area contributed by atoms with Gasteiger partial charge >= 0.3 is 164 Å². The molecule has 0 aliphatic carbocycles. The zero-order chi connectivity index (χ0) is 32.9. The minimum absolute atomic E-state index is 0. The van der Waals surface area contributed by atoms with Crippen LogP contribution < -0.4 is 4.40 Å². The maximum Gasteiger partial charge on any atom is 0.164 e. The van der Waals surface area contributed by atoms with E-state index >= 15 is 0 Å². The Labute approximate surface area is 288 Å². The molecule has 4 nitrogen and oxygen atoms in total. The number of aliphatic hydroxyl groups excluding tert-OH is 1. The van der Waals surface area contributed by atoms with Crippen molar-refractivity contribution >= 4 is 45.1 Å². The number of hydrogen-bond donors (Lipinski definition) is 1. The van der Waals surface area contributed by atoms with Crippen molar-refractivity contribution in [3.63, 3.8) is 0 Å². The standard InChI is InChI=1S/C24H25GeN2.C15H28O2.Ir/c1-16(2)24-26-22(18-10-7-6-8-11-18)19-15-14-17-12-9-13-20(25(3,4)5)21(17)23(19)27-24;1-7-14(5,8-2)12(16)11-13(17)15(6,9-3)10-4;/h6-10,12-16H,1-5H3;11,16H,7-10H2,1-6H3;/q-1;;/b;12-11-;. The van der Waals surface area contributed by atoms with Crippen LogP contribution in [0.5, 0.6) is 0 Å². The summed E-state index contributed by atoms with van der Waals surface area (Å²) in [6, 6.07) is 22.6. The fraction of sp³-hybridized carbons (Fsp3) is 0.462. The molecule has 0 unspecified atom stereocenters. The Morgan fingerprint density at radius 1 is 0.889 bits per heavy atom. The van der Waals surface area contributed by atoms with Gasteiger partial charge in [0.25, 0.3) is 0 Å². The van der Waals surface area contributed by atoms with Gasteiger partial charge in [0.2, 0.25) is 0 Å². The molecule has 3 aromatic carbocycles. The van der Waals surface area contributed by atoms with E-state index in [0.717, 1.165) is 53.7 Å². The Bertz CT molecular complexity index is 1620. The van der Waals surface area contributed by atoms with Crippen molar-refractivity contribution in [1.82, 2.24) is 9.97 Å². The van der Waals surface area contributed by atoms with E-state index in [9.17, 15) is 9.90 Å². The molecule has 1 heterocycles. The molecule has 0 atom stereocenters. The second kappa shape index (κ2) is 16.0. The number of carbonyl (C=O) groups is 1. The van der Waals surface area contributed by atoms with E-state index in [-0.39, 0.29) is 48.4 Å². The molecule has 0 saturated heterocycles. The summed E-state index contributed by atoms with van der Waals surface area (Å²) in [5.41, 5.74) is 2.51. The maximum atomic E-state index is 12.2. The third-order valence-corrected chi connectivity index (χ3v) is 13.9. The van der Waals surface area contributed by atoms with E-state index < -0.39 is 13.3 Å². The van der Waals surface area contributed by atoms with E-state index in [2.05, 4.69) is 73.6 Å². The van der Waals surface area contributed by atoms with Crippen LogP contribution in [0.3, 0.4) is 0 Å². The normalized spacial score (nSPS) is 12.6. The van der Waals surface area contributed by atoms with Gasteiger partial charge in [0, 0.05) is 37.0 Å². The minimum atomic E-state index is -2.07. The number of ketones is 1. The van der Waals surface area contributed by atoms with E-state index in [0.29, 0.717) is 0 Å². The number of nitrogens with zero attached hydrogens (tertiary/aromatic N) is 2. The molecule has 6 heteroatoms. The van der Waals surface area contributed by atoms with Crippen LogP contribution in [-0.2, 0) is 24.9 Å². The van der Waals surface area contributed by atoms with E-state index in [4.69, 9.17) is 9.97 Å². The summed E-state index contributed by atoms with van der Waals surface area (Å²) in [4.78, 5) is 22.2. The van der Waals surface area contributed by atoms with Crippen molar-refractivity contribution in [2.24, 2.45) is 10.8 Å². The summed E-state index contributed by atoms with van der Waals surface area (Å²) >= 11 is -2.07. The zero-order valence-corrected chi connectivity index (χ0v) is 33.8. The van der Waals surface area contributed by atoms with Gasteiger partial charge in [0.1, 0.15) is 5.76 Å². The van der Waals surface area contributed by atoms with Crippen molar-refractivity contribution in [3.8, 4) is 11.3 Å². The molecule has 0 saturated carbocycles. The topological polar surface area (TPSA) is 63.1 Å². The Morgan fingerprint density at radius 3 is 2.02 bits per heavy atom. The van der Waals surface area contributed by atoms with Gasteiger partial charge in [-0.05, 0) is 25.7 Å². The van der Waals surface area contributed by atoms with Crippen LogP contribution in [0.2, 0.25) is 17.3 Å². The molecule has 4 rings (SSSR count). The fourth-order valence-electron chi connectivity index (χ4n) is 5.29. The molecule has 245 valence electrons. The molecule has 0 spiro atoms. The molecule has 1 aromatic heterocycles. The molecule has 0 aliphatic heterocycles. The molecule has 45 heavy (non-hydrogen) atoms. The number of fused-ring (bicyclic) bond motifs is 3. The number of hydrogen-bond acceptors (Lipinski definition) is 4. The fourth-order valence-corrected chi connectivity index (χ4v) is 8.67. The van der Waals surface area contributed by atoms with Crippen LogP contribution >= 0.6 is 0 Å². The van der Waals surface area contributed by atoms with Crippen molar-refractivity contribution < 1.29 is 30.0 Å². The van der Waals surface area contributed by atoms with Crippen molar-refractivity contribution in [3.05, 3.63) is 78.3 Å². The third-order valence-electron chi connectivity index (χ3n) is 9.62. The van der Waals surface area contributed by atoms with Crippen molar-refractivity contribution in [2.75, 3.05) is 0 Å². The maximum absolute atomic E-state index is 12.2. The molecule has 1 N–H and O–H groups in total. The second-order valence-electron chi connectivity index (χ2n) is 13.9. The first-order chi connectivity index (χ1) is 20.7. The molecular weight excluding hydrogens is 793 g/mol. The van der Waals surface area contributed by atoms with Crippen LogP contribution in [0.15, 0.2) is 66.4 Å². The Balaban J connectivity index is 0.000000343. The largest absolute Gasteiger partial charge is 0.512 e. The molecule has 0 amide bonds. The zero-order valence-electron chi connectivity index (χ0n) is 29.3. The quantitative estimate of drug-likeness (QED) is 0.0568. The predicted molar refractivity (Wildman–Crippen MR) is 191 cm³/mol. The van der Waals surface area contributed by atoms with Crippen LogP contribution in [0, 0.1) is 16.9 Å². The van der Waals surface area contributed by atoms with Crippen molar-refractivity contribution in [1.29, 1.82) is 0 Å². The van der Waals surface area contributed by atoms with Crippen LogP contribution in [0.25, 0.3) is 32.9 Å². The average Bonchev–Trinajstić information content (AvgIpc) is 3.02. The first kappa shape index (κ1) is 38.8. The first-order valence-corrected chi connectivity index (χ1v) is 23.7. The summed E-state index contributed by atoms with van der Waals surface area (Å²) in [7, 11) is 0. The van der Waals surface area contributed by atoms with Gasteiger partial charge in [0.15, 0.2) is 5.78 Å². The SMILES string of the molecule is CC(C)c1nc(-c2[c-]cccc2)c2ccc3ccc[c]([Ge]([CH3])([CH3])[CH3])c3c2n1.CCC(C)(CC)C(=O)/C=C(\O)C(C)(CC)CC.[Ir]. The van der Waals surface area contributed by atoms with E-state index in [1.807, 2.05) is 59.7 Å². The van der Waals surface area contributed by atoms with Gasteiger partial charge in [-0.2, -0.15) is 0 Å². The Morgan fingerprint density at radius 2 is 1.51 bits per heavy atom. The average molecular weight is 847 g/mol. The van der Waals surface area contributed by atoms with E-state index in [1.165, 1.54) is 21.2 Å². The predicted octanol–water partition coefficient (Wildman–Crippen LogP) is 10.6. The van der Waals surface area contributed by atoms with Gasteiger partial charge in [-0.15, -0.1) is 0 Å². The van der Waals surface area contributed by atoms with E-state index in [1.54, 1.807) is 0 Å². The summed E-state index contributed by atoms with van der Waals surface area (Å²) in [5, 5.41) is 13.9. The smallest absolute Gasteiger partial charge is 0.164 e. The van der Waals surface area contributed by atoms with Crippen LogP contribution in [-0.4, -0.2) is 34.1 Å². The third kappa shape index (κ3) is 8.73. The summed E-state index contributed by atoms with van der Waals surface area (Å²) in [6.45, 7) is 16.4. The number of aromatic nitrogens is 2. The van der Waals surface area contributed by atoms with Crippen molar-refractivity contribution in [2.45, 2.75) is 104 Å². The molecule has 1 radical (unpaired) electrons.